The zero-order valence-electron chi connectivity index (χ0n) is 14.3. The van der Waals surface area contributed by atoms with Crippen LogP contribution in [-0.4, -0.2) is 18.5 Å². The maximum Gasteiger partial charge on any atom is 0.374 e. The third kappa shape index (κ3) is 6.37. The fraction of sp³-hybridized carbons (Fsp3) is 0.294. The molecular weight excluding hydrogens is 492 g/mol. The first kappa shape index (κ1) is 22.6. The molecule has 6 nitrogen and oxygen atoms in total. The molecule has 0 amide bonds. The Hall–Kier alpha value is -1.45. The zero-order chi connectivity index (χ0) is 18.4. The Morgan fingerprint density at radius 2 is 2.08 bits per heavy atom. The molecular formula is C17H20Cl2IN3O3. The highest BCUT2D eigenvalue weighted by Gasteiger charge is 2.13. The van der Waals surface area contributed by atoms with E-state index < -0.39 is 5.97 Å². The summed E-state index contributed by atoms with van der Waals surface area (Å²) in [4.78, 5) is 15.7. The van der Waals surface area contributed by atoms with Crippen LogP contribution < -0.4 is 11.1 Å². The SMILES string of the molecule is CCOC(=O)c1ccc(CN=C(N)NC(C)c2ccc(Cl)cc2Cl)o1.I. The number of hydrogen-bond donors (Lipinski definition) is 2. The van der Waals surface area contributed by atoms with Gasteiger partial charge in [-0.2, -0.15) is 0 Å². The molecule has 0 fully saturated rings. The molecule has 142 valence electrons. The van der Waals surface area contributed by atoms with E-state index in [1.807, 2.05) is 13.0 Å². The summed E-state index contributed by atoms with van der Waals surface area (Å²) in [6.45, 7) is 4.12. The normalized spacial score (nSPS) is 12.2. The van der Waals surface area contributed by atoms with E-state index in [4.69, 9.17) is 38.1 Å². The van der Waals surface area contributed by atoms with Crippen LogP contribution >= 0.6 is 47.2 Å². The third-order valence-corrected chi connectivity index (χ3v) is 3.90. The highest BCUT2D eigenvalue weighted by Crippen LogP contribution is 2.25. The molecule has 0 saturated carbocycles. The first-order valence-electron chi connectivity index (χ1n) is 7.68. The standard InChI is InChI=1S/C17H19Cl2N3O3.HI/c1-3-24-16(23)15-7-5-12(25-15)9-21-17(20)22-10(2)13-6-4-11(18)8-14(13)19;/h4-8,10H,3,9H2,1-2H3,(H3,20,21,22);1H. The van der Waals surface area contributed by atoms with E-state index in [1.165, 1.54) is 0 Å². The Bertz CT molecular complexity index is 780. The molecule has 0 aliphatic rings. The van der Waals surface area contributed by atoms with E-state index in [-0.39, 0.29) is 54.9 Å². The summed E-state index contributed by atoms with van der Waals surface area (Å²) in [7, 11) is 0. The minimum absolute atomic E-state index is 0. The van der Waals surface area contributed by atoms with Crippen molar-refractivity contribution in [2.24, 2.45) is 10.7 Å². The van der Waals surface area contributed by atoms with Gasteiger partial charge in [-0.1, -0.05) is 29.3 Å². The molecule has 0 bridgehead atoms. The summed E-state index contributed by atoms with van der Waals surface area (Å²) in [6, 6.07) is 8.30. The number of guanidine groups is 1. The van der Waals surface area contributed by atoms with Crippen molar-refractivity contribution >= 4 is 59.1 Å². The average molecular weight is 512 g/mol. The van der Waals surface area contributed by atoms with Crippen molar-refractivity contribution in [3.63, 3.8) is 0 Å². The number of halogens is 3. The molecule has 1 heterocycles. The van der Waals surface area contributed by atoms with Crippen molar-refractivity contribution in [2.45, 2.75) is 26.4 Å². The fourth-order valence-electron chi connectivity index (χ4n) is 2.14. The number of benzene rings is 1. The second kappa shape index (κ2) is 10.6. The molecule has 9 heteroatoms. The molecule has 0 spiro atoms. The molecule has 3 N–H and O–H groups in total. The smallest absolute Gasteiger partial charge is 0.374 e. The zero-order valence-corrected chi connectivity index (χ0v) is 18.1. The Labute approximate surface area is 179 Å². The van der Waals surface area contributed by atoms with Gasteiger partial charge >= 0.3 is 5.97 Å². The number of ether oxygens (including phenoxy) is 1. The van der Waals surface area contributed by atoms with Crippen LogP contribution in [0.15, 0.2) is 39.7 Å². The number of aliphatic imine (C=N–C) groups is 1. The monoisotopic (exact) mass is 511 g/mol. The van der Waals surface area contributed by atoms with Crippen LogP contribution in [0.4, 0.5) is 0 Å². The van der Waals surface area contributed by atoms with Crippen LogP contribution in [0.25, 0.3) is 0 Å². The van der Waals surface area contributed by atoms with Crippen LogP contribution in [0.3, 0.4) is 0 Å². The van der Waals surface area contributed by atoms with Crippen LogP contribution in [-0.2, 0) is 11.3 Å². The molecule has 2 aromatic rings. The van der Waals surface area contributed by atoms with Crippen LogP contribution in [0.5, 0.6) is 0 Å². The first-order valence-corrected chi connectivity index (χ1v) is 8.43. The van der Waals surface area contributed by atoms with Gasteiger partial charge in [-0.15, -0.1) is 24.0 Å². The quantitative estimate of drug-likeness (QED) is 0.257. The van der Waals surface area contributed by atoms with Gasteiger partial charge in [0.25, 0.3) is 0 Å². The number of nitrogens with two attached hydrogens (primary N) is 1. The predicted molar refractivity (Wildman–Crippen MR) is 113 cm³/mol. The number of carbonyl (C=O) groups is 1. The summed E-state index contributed by atoms with van der Waals surface area (Å²) in [5, 5.41) is 4.16. The Kier molecular flexibility index (Phi) is 9.24. The maximum atomic E-state index is 11.5. The second-order valence-corrected chi connectivity index (χ2v) is 6.06. The summed E-state index contributed by atoms with van der Waals surface area (Å²) >= 11 is 12.1. The van der Waals surface area contributed by atoms with Crippen LogP contribution in [0, 0.1) is 0 Å². The minimum Gasteiger partial charge on any atom is -0.460 e. The lowest BCUT2D eigenvalue weighted by Crippen LogP contribution is -2.33. The average Bonchev–Trinajstić information content (AvgIpc) is 3.02. The Morgan fingerprint density at radius 3 is 2.73 bits per heavy atom. The number of nitrogens with one attached hydrogen (secondary N) is 1. The molecule has 1 aromatic heterocycles. The Morgan fingerprint density at radius 1 is 1.35 bits per heavy atom. The van der Waals surface area contributed by atoms with Crippen molar-refractivity contribution in [3.05, 3.63) is 57.5 Å². The van der Waals surface area contributed by atoms with Crippen molar-refractivity contribution in [3.8, 4) is 0 Å². The van der Waals surface area contributed by atoms with Gasteiger partial charge in [-0.3, -0.25) is 0 Å². The molecule has 2 rings (SSSR count). The number of furan rings is 1. The van der Waals surface area contributed by atoms with E-state index in [2.05, 4.69) is 10.3 Å². The molecule has 1 aromatic carbocycles. The molecule has 1 unspecified atom stereocenters. The van der Waals surface area contributed by atoms with Crippen molar-refractivity contribution in [1.82, 2.24) is 5.32 Å². The van der Waals surface area contributed by atoms with Crippen LogP contribution in [0.2, 0.25) is 10.0 Å². The number of rotatable bonds is 6. The largest absolute Gasteiger partial charge is 0.460 e. The van der Waals surface area contributed by atoms with E-state index in [9.17, 15) is 4.79 Å². The lowest BCUT2D eigenvalue weighted by Gasteiger charge is -2.16. The molecule has 26 heavy (non-hydrogen) atoms. The predicted octanol–water partition coefficient (Wildman–Crippen LogP) is 4.55. The molecule has 0 aliphatic carbocycles. The minimum atomic E-state index is -0.505. The Balaban J connectivity index is 0.00000338. The first-order chi connectivity index (χ1) is 11.9. The number of hydrogen-bond acceptors (Lipinski definition) is 4. The van der Waals surface area contributed by atoms with Gasteiger partial charge in [0, 0.05) is 10.0 Å². The lowest BCUT2D eigenvalue weighted by atomic mass is 10.1. The van der Waals surface area contributed by atoms with Crippen LogP contribution in [0.1, 0.15) is 41.8 Å². The fourth-order valence-corrected chi connectivity index (χ4v) is 2.71. The lowest BCUT2D eigenvalue weighted by molar-refractivity contribution is 0.0488. The van der Waals surface area contributed by atoms with Crippen molar-refractivity contribution in [2.75, 3.05) is 6.61 Å². The molecule has 0 aliphatic heterocycles. The van der Waals surface area contributed by atoms with Gasteiger partial charge in [-0.25, -0.2) is 9.79 Å². The number of nitrogens with zero attached hydrogens (tertiary/aromatic N) is 1. The maximum absolute atomic E-state index is 11.5. The van der Waals surface area contributed by atoms with E-state index in [1.54, 1.807) is 31.2 Å². The van der Waals surface area contributed by atoms with Gasteiger partial charge in [0.15, 0.2) is 5.96 Å². The van der Waals surface area contributed by atoms with Crippen molar-refractivity contribution < 1.29 is 13.9 Å². The van der Waals surface area contributed by atoms with Crippen molar-refractivity contribution in [1.29, 1.82) is 0 Å². The molecule has 1 atom stereocenters. The topological polar surface area (TPSA) is 89.8 Å². The molecule has 0 saturated heterocycles. The van der Waals surface area contributed by atoms with Gasteiger partial charge in [0.05, 0.1) is 12.6 Å². The third-order valence-electron chi connectivity index (χ3n) is 3.34. The second-order valence-electron chi connectivity index (χ2n) is 5.22. The highest BCUT2D eigenvalue weighted by atomic mass is 127. The van der Waals surface area contributed by atoms with E-state index in [0.717, 1.165) is 5.56 Å². The number of carbonyl (C=O) groups excluding carboxylic acids is 1. The number of esters is 1. The van der Waals surface area contributed by atoms with E-state index in [0.29, 0.717) is 15.8 Å². The van der Waals surface area contributed by atoms with Gasteiger partial charge < -0.3 is 20.2 Å². The van der Waals surface area contributed by atoms with Gasteiger partial charge in [-0.05, 0) is 43.7 Å². The molecule has 0 radical (unpaired) electrons. The van der Waals surface area contributed by atoms with E-state index >= 15 is 0 Å². The summed E-state index contributed by atoms with van der Waals surface area (Å²) < 4.78 is 10.2. The highest BCUT2D eigenvalue weighted by molar-refractivity contribution is 14.0. The van der Waals surface area contributed by atoms with Gasteiger partial charge in [0.1, 0.15) is 12.3 Å². The summed E-state index contributed by atoms with van der Waals surface area (Å²) in [5.74, 6) is 0.368. The summed E-state index contributed by atoms with van der Waals surface area (Å²) in [5.41, 5.74) is 6.74. The summed E-state index contributed by atoms with van der Waals surface area (Å²) in [6.07, 6.45) is 0. The van der Waals surface area contributed by atoms with Gasteiger partial charge in [0.2, 0.25) is 5.76 Å².